The minimum absolute atomic E-state index is 0.321. The lowest BCUT2D eigenvalue weighted by atomic mass is 10.00. The van der Waals surface area contributed by atoms with Gasteiger partial charge in [0.25, 0.3) is 0 Å². The topological polar surface area (TPSA) is 62.6 Å². The Morgan fingerprint density at radius 1 is 1.03 bits per heavy atom. The minimum Gasteiger partial charge on any atom is -0.322 e. The van der Waals surface area contributed by atoms with E-state index in [0.29, 0.717) is 12.6 Å². The van der Waals surface area contributed by atoms with Crippen LogP contribution in [0.2, 0.25) is 0 Å². The van der Waals surface area contributed by atoms with Crippen molar-refractivity contribution in [3.63, 3.8) is 0 Å². The summed E-state index contributed by atoms with van der Waals surface area (Å²) in [7, 11) is 4.20. The van der Waals surface area contributed by atoms with Crippen molar-refractivity contribution in [2.45, 2.75) is 26.4 Å². The molecule has 6 heteroatoms. The lowest BCUT2D eigenvalue weighted by Crippen LogP contribution is -2.16. The predicted octanol–water partition coefficient (Wildman–Crippen LogP) is 4.31. The summed E-state index contributed by atoms with van der Waals surface area (Å²) in [5.74, 6) is 1.56. The number of nitrogens with one attached hydrogen (secondary N) is 1. The molecule has 0 saturated heterocycles. The number of hydrogen-bond donors (Lipinski definition) is 1. The van der Waals surface area contributed by atoms with Gasteiger partial charge in [0.05, 0.1) is 24.3 Å². The molecule has 1 atom stereocenters. The van der Waals surface area contributed by atoms with Gasteiger partial charge in [0, 0.05) is 17.2 Å². The van der Waals surface area contributed by atoms with Crippen LogP contribution < -0.4 is 0 Å². The third kappa shape index (κ3) is 3.98. The number of aromatic nitrogens is 5. The number of imidazole rings is 1. The van der Waals surface area contributed by atoms with Crippen LogP contribution in [0.5, 0.6) is 0 Å². The van der Waals surface area contributed by atoms with Crippen molar-refractivity contribution in [1.29, 1.82) is 0 Å². The second-order valence-corrected chi connectivity index (χ2v) is 7.54. The number of benzene rings is 2. The van der Waals surface area contributed by atoms with E-state index < -0.39 is 0 Å². The lowest BCUT2D eigenvalue weighted by Gasteiger charge is -2.21. The van der Waals surface area contributed by atoms with Crippen LogP contribution in [0.15, 0.2) is 60.9 Å². The molecule has 0 aliphatic heterocycles. The Balaban J connectivity index is 1.83. The highest BCUT2D eigenvalue weighted by Gasteiger charge is 2.18. The largest absolute Gasteiger partial charge is 0.322 e. The summed E-state index contributed by atoms with van der Waals surface area (Å²) in [5, 5.41) is 7.23. The molecule has 0 bridgehead atoms. The van der Waals surface area contributed by atoms with Crippen molar-refractivity contribution >= 4 is 0 Å². The summed E-state index contributed by atoms with van der Waals surface area (Å²) in [6, 6.07) is 19.3. The van der Waals surface area contributed by atoms with E-state index in [1.165, 1.54) is 5.56 Å². The van der Waals surface area contributed by atoms with Gasteiger partial charge in [-0.15, -0.1) is 0 Å². The summed E-state index contributed by atoms with van der Waals surface area (Å²) in [6.45, 7) is 4.69. The van der Waals surface area contributed by atoms with Crippen molar-refractivity contribution in [3.8, 4) is 22.5 Å². The van der Waals surface area contributed by atoms with Gasteiger partial charge in [-0.05, 0) is 39.6 Å². The van der Waals surface area contributed by atoms with Gasteiger partial charge >= 0.3 is 0 Å². The third-order valence-corrected chi connectivity index (χ3v) is 5.26. The highest BCUT2D eigenvalue weighted by molar-refractivity contribution is 5.79. The molecule has 0 radical (unpaired) electrons. The van der Waals surface area contributed by atoms with Gasteiger partial charge in [0.2, 0.25) is 0 Å². The van der Waals surface area contributed by atoms with Gasteiger partial charge in [0.15, 0.2) is 5.82 Å². The number of hydrogen-bond acceptors (Lipinski definition) is 4. The first-order chi connectivity index (χ1) is 14.0. The average Bonchev–Trinajstić information content (AvgIpc) is 3.34. The fourth-order valence-electron chi connectivity index (χ4n) is 3.47. The number of H-pyrrole nitrogens is 1. The molecule has 1 unspecified atom stereocenters. The molecule has 0 spiro atoms. The summed E-state index contributed by atoms with van der Waals surface area (Å²) >= 11 is 0. The number of aryl methyl sites for hydroxylation is 1. The zero-order chi connectivity index (χ0) is 20.4. The van der Waals surface area contributed by atoms with Crippen LogP contribution >= 0.6 is 0 Å². The van der Waals surface area contributed by atoms with E-state index in [4.69, 9.17) is 4.98 Å². The maximum absolute atomic E-state index is 4.76. The normalized spacial score (nSPS) is 12.4. The van der Waals surface area contributed by atoms with Gasteiger partial charge in [-0.1, -0.05) is 48.5 Å². The second kappa shape index (κ2) is 8.01. The van der Waals surface area contributed by atoms with Crippen molar-refractivity contribution in [1.82, 2.24) is 29.6 Å². The van der Waals surface area contributed by atoms with Gasteiger partial charge in [-0.25, -0.2) is 9.97 Å². The summed E-state index contributed by atoms with van der Waals surface area (Å²) in [5.41, 5.74) is 5.55. The highest BCUT2D eigenvalue weighted by Crippen LogP contribution is 2.33. The SMILES string of the molecule is Cc1nc(Cn2cnc(-c3ccccc3)c2-c2cccc(C(C)N(C)C)c2)n[nH]1. The summed E-state index contributed by atoms with van der Waals surface area (Å²) < 4.78 is 2.13. The first-order valence-corrected chi connectivity index (χ1v) is 9.78. The van der Waals surface area contributed by atoms with E-state index in [-0.39, 0.29) is 0 Å². The van der Waals surface area contributed by atoms with Gasteiger partial charge < -0.3 is 9.47 Å². The van der Waals surface area contributed by atoms with E-state index in [1.54, 1.807) is 0 Å². The third-order valence-electron chi connectivity index (χ3n) is 5.26. The molecule has 2 aromatic heterocycles. The van der Waals surface area contributed by atoms with Crippen molar-refractivity contribution in [3.05, 3.63) is 78.1 Å². The Bertz CT molecular complexity index is 1090. The van der Waals surface area contributed by atoms with Crippen LogP contribution in [-0.4, -0.2) is 43.7 Å². The minimum atomic E-state index is 0.321. The molecule has 4 rings (SSSR count). The van der Waals surface area contributed by atoms with Gasteiger partial charge in [-0.3, -0.25) is 5.10 Å². The standard InChI is InChI=1S/C23H26N6/c1-16(28(3)4)19-11-8-12-20(13-19)23-22(18-9-6-5-7-10-18)24-15-29(23)14-21-25-17(2)26-27-21/h5-13,15-16H,14H2,1-4H3,(H,25,26,27). The number of nitrogens with zero attached hydrogens (tertiary/aromatic N) is 5. The van der Waals surface area contributed by atoms with Gasteiger partial charge in [0.1, 0.15) is 5.82 Å². The van der Waals surface area contributed by atoms with Crippen molar-refractivity contribution in [2.24, 2.45) is 0 Å². The highest BCUT2D eigenvalue weighted by atomic mass is 15.2. The van der Waals surface area contributed by atoms with Gasteiger partial charge in [-0.2, -0.15) is 5.10 Å². The molecule has 2 aromatic carbocycles. The molecule has 6 nitrogen and oxygen atoms in total. The quantitative estimate of drug-likeness (QED) is 0.536. The first kappa shape index (κ1) is 19.1. The molecule has 4 aromatic rings. The average molecular weight is 387 g/mol. The van der Waals surface area contributed by atoms with E-state index >= 15 is 0 Å². The molecule has 2 heterocycles. The number of rotatable bonds is 6. The first-order valence-electron chi connectivity index (χ1n) is 9.78. The Kier molecular flexibility index (Phi) is 5.27. The molecule has 0 aliphatic rings. The second-order valence-electron chi connectivity index (χ2n) is 7.54. The van der Waals surface area contributed by atoms with E-state index in [9.17, 15) is 0 Å². The number of aromatic amines is 1. The van der Waals surface area contributed by atoms with E-state index in [1.807, 2.05) is 31.5 Å². The van der Waals surface area contributed by atoms with Crippen molar-refractivity contribution in [2.75, 3.05) is 14.1 Å². The van der Waals surface area contributed by atoms with Crippen molar-refractivity contribution < 1.29 is 0 Å². The Morgan fingerprint density at radius 2 is 1.79 bits per heavy atom. The molecular weight excluding hydrogens is 360 g/mol. The molecule has 29 heavy (non-hydrogen) atoms. The molecule has 148 valence electrons. The fraction of sp³-hybridized carbons (Fsp3) is 0.261. The lowest BCUT2D eigenvalue weighted by molar-refractivity contribution is 0.321. The van der Waals surface area contributed by atoms with Crippen LogP contribution in [-0.2, 0) is 6.54 Å². The maximum Gasteiger partial charge on any atom is 0.170 e. The van der Waals surface area contributed by atoms with Crippen LogP contribution in [0.1, 0.15) is 30.2 Å². The molecule has 0 aliphatic carbocycles. The fourth-order valence-corrected chi connectivity index (χ4v) is 3.47. The molecule has 0 amide bonds. The van der Waals surface area contributed by atoms with E-state index in [0.717, 1.165) is 34.2 Å². The zero-order valence-electron chi connectivity index (χ0n) is 17.3. The Morgan fingerprint density at radius 3 is 2.48 bits per heavy atom. The zero-order valence-corrected chi connectivity index (χ0v) is 17.3. The van der Waals surface area contributed by atoms with Crippen LogP contribution in [0, 0.1) is 6.92 Å². The summed E-state index contributed by atoms with van der Waals surface area (Å²) in [6.07, 6.45) is 1.88. The van der Waals surface area contributed by atoms with Crippen LogP contribution in [0.3, 0.4) is 0 Å². The monoisotopic (exact) mass is 386 g/mol. The maximum atomic E-state index is 4.76. The predicted molar refractivity (Wildman–Crippen MR) is 115 cm³/mol. The molecule has 1 N–H and O–H groups in total. The summed E-state index contributed by atoms with van der Waals surface area (Å²) in [4.78, 5) is 11.4. The Labute approximate surface area is 171 Å². The Hall–Kier alpha value is -3.25. The smallest absolute Gasteiger partial charge is 0.170 e. The van der Waals surface area contributed by atoms with Crippen LogP contribution in [0.4, 0.5) is 0 Å². The molecular formula is C23H26N6. The van der Waals surface area contributed by atoms with Crippen LogP contribution in [0.25, 0.3) is 22.5 Å². The van der Waals surface area contributed by atoms with E-state index in [2.05, 4.69) is 82.1 Å². The molecule has 0 saturated carbocycles. The molecule has 0 fully saturated rings.